The molecule has 0 saturated carbocycles. The van der Waals surface area contributed by atoms with Crippen molar-refractivity contribution < 1.29 is 4.74 Å². The average molecular weight is 313 g/mol. The smallest absolute Gasteiger partial charge is 0.130 e. The molecule has 1 aromatic rings. The van der Waals surface area contributed by atoms with Crippen molar-refractivity contribution in [2.75, 3.05) is 26.5 Å². The van der Waals surface area contributed by atoms with E-state index in [1.807, 2.05) is 32.3 Å². The molecule has 0 aromatic heterocycles. The molecule has 0 radical (unpaired) electrons. The first-order chi connectivity index (χ1) is 9.29. The van der Waals surface area contributed by atoms with Crippen LogP contribution in [0.25, 0.3) is 0 Å². The Hall–Kier alpha value is -0.780. The number of nitrogens with two attached hydrogens (primary N) is 1. The molecule has 0 fully saturated rings. The van der Waals surface area contributed by atoms with Gasteiger partial charge in [-0.2, -0.15) is 0 Å². The summed E-state index contributed by atoms with van der Waals surface area (Å²) >= 11 is 6.91. The Bertz CT molecular complexity index is 473. The van der Waals surface area contributed by atoms with Crippen molar-refractivity contribution in [3.63, 3.8) is 0 Å². The van der Waals surface area contributed by atoms with Crippen LogP contribution in [0.4, 0.5) is 0 Å². The van der Waals surface area contributed by atoms with Crippen molar-refractivity contribution >= 4 is 29.0 Å². The van der Waals surface area contributed by atoms with Crippen LogP contribution in [0.2, 0.25) is 0 Å². The third-order valence-electron chi connectivity index (χ3n) is 3.33. The second-order valence-electron chi connectivity index (χ2n) is 5.42. The number of hydrogen-bond acceptors (Lipinski definition) is 4. The molecule has 3 nitrogen and oxygen atoms in total. The summed E-state index contributed by atoms with van der Waals surface area (Å²) in [4.78, 5) is 3.61. The lowest BCUT2D eigenvalue weighted by Crippen LogP contribution is -2.43. The third-order valence-corrected chi connectivity index (χ3v) is 4.47. The van der Waals surface area contributed by atoms with Gasteiger partial charge in [0, 0.05) is 10.4 Å². The van der Waals surface area contributed by atoms with E-state index in [9.17, 15) is 0 Å². The van der Waals surface area contributed by atoms with Gasteiger partial charge >= 0.3 is 0 Å². The summed E-state index contributed by atoms with van der Waals surface area (Å²) in [7, 11) is 4.09. The number of hydrogen-bond donors (Lipinski definition) is 1. The van der Waals surface area contributed by atoms with E-state index < -0.39 is 0 Å². The van der Waals surface area contributed by atoms with Gasteiger partial charge in [-0.15, -0.1) is 11.8 Å². The Morgan fingerprint density at radius 2 is 2.05 bits per heavy atom. The van der Waals surface area contributed by atoms with Gasteiger partial charge in [-0.25, -0.2) is 0 Å². The minimum Gasteiger partial charge on any atom is -0.491 e. The Morgan fingerprint density at radius 3 is 2.55 bits per heavy atom. The predicted octanol–water partition coefficient (Wildman–Crippen LogP) is 3.15. The van der Waals surface area contributed by atoms with Crippen molar-refractivity contribution in [3.05, 3.63) is 23.8 Å². The topological polar surface area (TPSA) is 38.5 Å². The van der Waals surface area contributed by atoms with E-state index in [-0.39, 0.29) is 5.54 Å². The van der Waals surface area contributed by atoms with Crippen LogP contribution in [-0.2, 0) is 0 Å². The van der Waals surface area contributed by atoms with Gasteiger partial charge in [0.25, 0.3) is 0 Å². The number of thiocarbonyl (C=S) groups is 1. The molecule has 1 aromatic carbocycles. The fourth-order valence-corrected chi connectivity index (χ4v) is 2.65. The van der Waals surface area contributed by atoms with E-state index in [2.05, 4.69) is 25.7 Å². The normalized spacial score (nSPS) is 11.7. The van der Waals surface area contributed by atoms with E-state index >= 15 is 0 Å². The highest BCUT2D eigenvalue weighted by Crippen LogP contribution is 2.30. The predicted molar refractivity (Wildman–Crippen MR) is 92.0 cm³/mol. The standard InChI is InChI=1S/C15H24N2OS2/c1-6-20-12-9-7-8-11(13(12)14(16)19)18-10-15(2,3)17(4)5/h7-9H,6,10H2,1-5H3,(H2,16,19). The summed E-state index contributed by atoms with van der Waals surface area (Å²) in [5.74, 6) is 1.74. The molecule has 0 saturated heterocycles. The second kappa shape index (κ2) is 7.29. The number of thioether (sulfide) groups is 1. The molecule has 5 heteroatoms. The molecule has 0 aliphatic heterocycles. The number of benzene rings is 1. The fraction of sp³-hybridized carbons (Fsp3) is 0.533. The highest BCUT2D eigenvalue weighted by molar-refractivity contribution is 7.99. The van der Waals surface area contributed by atoms with E-state index in [0.717, 1.165) is 22.0 Å². The van der Waals surface area contributed by atoms with Crippen LogP contribution in [0.5, 0.6) is 5.75 Å². The lowest BCUT2D eigenvalue weighted by Gasteiger charge is -2.32. The highest BCUT2D eigenvalue weighted by atomic mass is 32.2. The number of rotatable bonds is 7. The first-order valence-electron chi connectivity index (χ1n) is 6.65. The van der Waals surface area contributed by atoms with Crippen molar-refractivity contribution in [1.82, 2.24) is 4.90 Å². The van der Waals surface area contributed by atoms with Gasteiger partial charge in [-0.05, 0) is 45.8 Å². The SMILES string of the molecule is CCSc1cccc(OCC(C)(C)N(C)C)c1C(N)=S. The number of ether oxygens (including phenoxy) is 1. The van der Waals surface area contributed by atoms with Crippen LogP contribution >= 0.6 is 24.0 Å². The molecular formula is C15H24N2OS2. The first-order valence-corrected chi connectivity index (χ1v) is 8.04. The number of nitrogens with zero attached hydrogens (tertiary/aromatic N) is 1. The van der Waals surface area contributed by atoms with Gasteiger partial charge in [0.1, 0.15) is 17.3 Å². The minimum absolute atomic E-state index is 0.0542. The molecule has 0 aliphatic carbocycles. The van der Waals surface area contributed by atoms with Crippen molar-refractivity contribution in [2.24, 2.45) is 5.73 Å². The van der Waals surface area contributed by atoms with Gasteiger partial charge in [-0.3, -0.25) is 0 Å². The summed E-state index contributed by atoms with van der Waals surface area (Å²) in [6, 6.07) is 5.95. The van der Waals surface area contributed by atoms with E-state index in [4.69, 9.17) is 22.7 Å². The Labute approximate surface area is 131 Å². The van der Waals surface area contributed by atoms with Crippen LogP contribution in [0.1, 0.15) is 26.3 Å². The average Bonchev–Trinajstić information content (AvgIpc) is 2.36. The van der Waals surface area contributed by atoms with Gasteiger partial charge in [0.2, 0.25) is 0 Å². The summed E-state index contributed by atoms with van der Waals surface area (Å²) in [6.07, 6.45) is 0. The van der Waals surface area contributed by atoms with Gasteiger partial charge < -0.3 is 15.4 Å². The summed E-state index contributed by atoms with van der Waals surface area (Å²) in [6.45, 7) is 6.96. The molecule has 0 aliphatic rings. The second-order valence-corrected chi connectivity index (χ2v) is 7.17. The van der Waals surface area contributed by atoms with Gasteiger partial charge in [-0.1, -0.05) is 25.2 Å². The zero-order valence-electron chi connectivity index (χ0n) is 12.9. The van der Waals surface area contributed by atoms with E-state index in [1.54, 1.807) is 11.8 Å². The molecule has 112 valence electrons. The van der Waals surface area contributed by atoms with Crippen molar-refractivity contribution in [3.8, 4) is 5.75 Å². The first kappa shape index (κ1) is 17.3. The largest absolute Gasteiger partial charge is 0.491 e. The van der Waals surface area contributed by atoms with Crippen molar-refractivity contribution in [1.29, 1.82) is 0 Å². The molecule has 1 rings (SSSR count). The Balaban J connectivity index is 3.00. The summed E-state index contributed by atoms with van der Waals surface area (Å²) in [5.41, 5.74) is 6.67. The lowest BCUT2D eigenvalue weighted by atomic mass is 10.1. The minimum atomic E-state index is -0.0542. The van der Waals surface area contributed by atoms with Crippen LogP contribution in [0.15, 0.2) is 23.1 Å². The summed E-state index contributed by atoms with van der Waals surface area (Å²) < 4.78 is 5.99. The maximum absolute atomic E-state index is 5.99. The molecule has 0 amide bonds. The van der Waals surface area contributed by atoms with Crippen molar-refractivity contribution in [2.45, 2.75) is 31.2 Å². The molecule has 0 spiro atoms. The van der Waals surface area contributed by atoms with Crippen LogP contribution < -0.4 is 10.5 Å². The van der Waals surface area contributed by atoms with Gasteiger partial charge in [0.15, 0.2) is 0 Å². The summed E-state index contributed by atoms with van der Waals surface area (Å²) in [5, 5.41) is 0. The fourth-order valence-electron chi connectivity index (χ4n) is 1.53. The highest BCUT2D eigenvalue weighted by Gasteiger charge is 2.22. The Kier molecular flexibility index (Phi) is 6.30. The molecule has 0 heterocycles. The number of likely N-dealkylation sites (N-methyl/N-ethyl adjacent to an activating group) is 1. The molecule has 0 bridgehead atoms. The zero-order chi connectivity index (χ0) is 15.3. The van der Waals surface area contributed by atoms with E-state index in [0.29, 0.717) is 11.6 Å². The molecule has 0 unspecified atom stereocenters. The molecule has 0 atom stereocenters. The lowest BCUT2D eigenvalue weighted by molar-refractivity contribution is 0.114. The van der Waals surface area contributed by atoms with Crippen LogP contribution in [-0.4, -0.2) is 41.9 Å². The molecular weight excluding hydrogens is 288 g/mol. The maximum Gasteiger partial charge on any atom is 0.130 e. The zero-order valence-corrected chi connectivity index (χ0v) is 14.5. The van der Waals surface area contributed by atoms with Crippen LogP contribution in [0.3, 0.4) is 0 Å². The van der Waals surface area contributed by atoms with Gasteiger partial charge in [0.05, 0.1) is 5.56 Å². The van der Waals surface area contributed by atoms with E-state index in [1.165, 1.54) is 0 Å². The third kappa shape index (κ3) is 4.36. The Morgan fingerprint density at radius 1 is 1.40 bits per heavy atom. The molecule has 20 heavy (non-hydrogen) atoms. The van der Waals surface area contributed by atoms with Crippen LogP contribution in [0, 0.1) is 0 Å². The maximum atomic E-state index is 5.99. The quantitative estimate of drug-likeness (QED) is 0.618. The molecule has 2 N–H and O–H groups in total. The monoisotopic (exact) mass is 312 g/mol.